The van der Waals surface area contributed by atoms with Gasteiger partial charge in [0.25, 0.3) is 5.91 Å². The van der Waals surface area contributed by atoms with E-state index in [4.69, 9.17) is 4.74 Å². The van der Waals surface area contributed by atoms with E-state index in [9.17, 15) is 4.79 Å². The standard InChI is InChI=1S/C18H27NO2/c1-5-15-9-6-7-10-16(15)21-14(2)17(20)19-12-8-11-18(3,4)13-19/h6-7,9-10,14H,5,8,11-13H2,1-4H3. The van der Waals surface area contributed by atoms with Crippen LogP contribution < -0.4 is 4.74 Å². The van der Waals surface area contributed by atoms with E-state index in [-0.39, 0.29) is 11.3 Å². The Hall–Kier alpha value is -1.51. The van der Waals surface area contributed by atoms with E-state index >= 15 is 0 Å². The molecule has 21 heavy (non-hydrogen) atoms. The zero-order valence-corrected chi connectivity index (χ0v) is 13.7. The van der Waals surface area contributed by atoms with Crippen LogP contribution in [0.5, 0.6) is 5.75 Å². The molecular formula is C18H27NO2. The van der Waals surface area contributed by atoms with Gasteiger partial charge in [-0.05, 0) is 43.2 Å². The van der Waals surface area contributed by atoms with Crippen molar-refractivity contribution < 1.29 is 9.53 Å². The molecule has 0 bridgehead atoms. The van der Waals surface area contributed by atoms with Crippen molar-refractivity contribution in [1.29, 1.82) is 0 Å². The fraction of sp³-hybridized carbons (Fsp3) is 0.611. The SMILES string of the molecule is CCc1ccccc1OC(C)C(=O)N1CCCC(C)(C)C1. The number of amides is 1. The molecule has 3 heteroatoms. The number of carbonyl (C=O) groups excluding carboxylic acids is 1. The molecule has 1 aliphatic heterocycles. The first-order valence-electron chi connectivity index (χ1n) is 7.96. The van der Waals surface area contributed by atoms with Crippen LogP contribution in [0.4, 0.5) is 0 Å². The van der Waals surface area contributed by atoms with Crippen LogP contribution in [0.1, 0.15) is 46.1 Å². The van der Waals surface area contributed by atoms with E-state index in [1.165, 1.54) is 6.42 Å². The average molecular weight is 289 g/mol. The van der Waals surface area contributed by atoms with Crippen molar-refractivity contribution in [2.45, 2.75) is 53.1 Å². The number of ether oxygens (including phenoxy) is 1. The molecule has 0 N–H and O–H groups in total. The zero-order chi connectivity index (χ0) is 15.5. The maximum atomic E-state index is 12.6. The molecule has 1 fully saturated rings. The molecule has 1 saturated heterocycles. The van der Waals surface area contributed by atoms with Crippen molar-refractivity contribution in [3.8, 4) is 5.75 Å². The second kappa shape index (κ2) is 6.50. The summed E-state index contributed by atoms with van der Waals surface area (Å²) in [5, 5.41) is 0. The number of nitrogens with zero attached hydrogens (tertiary/aromatic N) is 1. The van der Waals surface area contributed by atoms with E-state index in [1.54, 1.807) is 0 Å². The Morgan fingerprint density at radius 3 is 2.76 bits per heavy atom. The number of benzene rings is 1. The van der Waals surface area contributed by atoms with Crippen LogP contribution in [-0.2, 0) is 11.2 Å². The fourth-order valence-corrected chi connectivity index (χ4v) is 3.02. The smallest absolute Gasteiger partial charge is 0.263 e. The van der Waals surface area contributed by atoms with E-state index in [1.807, 2.05) is 30.0 Å². The molecule has 0 aromatic heterocycles. The van der Waals surface area contributed by atoms with Gasteiger partial charge in [0.1, 0.15) is 5.75 Å². The maximum absolute atomic E-state index is 12.6. The van der Waals surface area contributed by atoms with Gasteiger partial charge in [0.15, 0.2) is 6.10 Å². The summed E-state index contributed by atoms with van der Waals surface area (Å²) >= 11 is 0. The third kappa shape index (κ3) is 3.99. The van der Waals surface area contributed by atoms with Gasteiger partial charge < -0.3 is 9.64 Å². The first kappa shape index (κ1) is 15.9. The molecule has 0 spiro atoms. The molecule has 1 aromatic carbocycles. The van der Waals surface area contributed by atoms with Gasteiger partial charge in [-0.2, -0.15) is 0 Å². The van der Waals surface area contributed by atoms with E-state index in [0.29, 0.717) is 0 Å². The number of para-hydroxylation sites is 1. The lowest BCUT2D eigenvalue weighted by molar-refractivity contribution is -0.141. The Morgan fingerprint density at radius 1 is 1.38 bits per heavy atom. The minimum absolute atomic E-state index is 0.105. The minimum Gasteiger partial charge on any atom is -0.481 e. The number of rotatable bonds is 4. The Labute approximate surface area is 128 Å². The molecule has 3 nitrogen and oxygen atoms in total. The fourth-order valence-electron chi connectivity index (χ4n) is 3.02. The molecule has 1 unspecified atom stereocenters. The lowest BCUT2D eigenvalue weighted by Gasteiger charge is -2.39. The highest BCUT2D eigenvalue weighted by atomic mass is 16.5. The highest BCUT2D eigenvalue weighted by molar-refractivity contribution is 5.81. The zero-order valence-electron chi connectivity index (χ0n) is 13.7. The van der Waals surface area contributed by atoms with Crippen LogP contribution in [0.2, 0.25) is 0 Å². The molecule has 2 rings (SSSR count). The summed E-state index contributed by atoms with van der Waals surface area (Å²) in [6, 6.07) is 7.96. The van der Waals surface area contributed by atoms with Crippen LogP contribution in [0.3, 0.4) is 0 Å². The second-order valence-corrected chi connectivity index (χ2v) is 6.75. The summed E-state index contributed by atoms with van der Waals surface area (Å²) < 4.78 is 5.93. The predicted octanol–water partition coefficient (Wildman–Crippen LogP) is 3.66. The first-order valence-corrected chi connectivity index (χ1v) is 7.96. The molecule has 0 radical (unpaired) electrons. The minimum atomic E-state index is -0.424. The normalized spacial score (nSPS) is 19.1. The number of carbonyl (C=O) groups is 1. The van der Waals surface area contributed by atoms with Crippen molar-refractivity contribution in [2.75, 3.05) is 13.1 Å². The molecule has 1 amide bonds. The molecule has 1 aromatic rings. The maximum Gasteiger partial charge on any atom is 0.263 e. The topological polar surface area (TPSA) is 29.5 Å². The summed E-state index contributed by atoms with van der Waals surface area (Å²) in [5.41, 5.74) is 1.37. The third-order valence-corrected chi connectivity index (χ3v) is 4.22. The van der Waals surface area contributed by atoms with Gasteiger partial charge in [-0.1, -0.05) is 39.0 Å². The lowest BCUT2D eigenvalue weighted by Crippen LogP contribution is -2.48. The summed E-state index contributed by atoms with van der Waals surface area (Å²) in [5.74, 6) is 0.936. The third-order valence-electron chi connectivity index (χ3n) is 4.22. The number of hydrogen-bond acceptors (Lipinski definition) is 2. The molecule has 0 aliphatic carbocycles. The summed E-state index contributed by atoms with van der Waals surface area (Å²) in [6.45, 7) is 10.1. The van der Waals surface area contributed by atoms with Gasteiger partial charge in [0.05, 0.1) is 0 Å². The van der Waals surface area contributed by atoms with Crippen LogP contribution >= 0.6 is 0 Å². The molecule has 1 atom stereocenters. The Morgan fingerprint density at radius 2 is 2.10 bits per heavy atom. The van der Waals surface area contributed by atoms with Crippen LogP contribution in [-0.4, -0.2) is 30.0 Å². The largest absolute Gasteiger partial charge is 0.481 e. The van der Waals surface area contributed by atoms with E-state index in [2.05, 4.69) is 26.8 Å². The molecule has 116 valence electrons. The van der Waals surface area contributed by atoms with Crippen molar-refractivity contribution in [3.05, 3.63) is 29.8 Å². The van der Waals surface area contributed by atoms with Gasteiger partial charge in [-0.15, -0.1) is 0 Å². The van der Waals surface area contributed by atoms with Gasteiger partial charge in [0.2, 0.25) is 0 Å². The van der Waals surface area contributed by atoms with E-state index < -0.39 is 6.10 Å². The average Bonchev–Trinajstić information content (AvgIpc) is 2.46. The van der Waals surface area contributed by atoms with Gasteiger partial charge >= 0.3 is 0 Å². The van der Waals surface area contributed by atoms with Crippen molar-refractivity contribution in [2.24, 2.45) is 5.41 Å². The quantitative estimate of drug-likeness (QED) is 0.846. The number of likely N-dealkylation sites (tertiary alicyclic amines) is 1. The summed E-state index contributed by atoms with van der Waals surface area (Å²) in [7, 11) is 0. The molecule has 1 aliphatic rings. The number of aryl methyl sites for hydroxylation is 1. The Kier molecular flexibility index (Phi) is 4.92. The van der Waals surface area contributed by atoms with E-state index in [0.717, 1.165) is 37.2 Å². The Bertz CT molecular complexity index is 496. The highest BCUT2D eigenvalue weighted by Crippen LogP contribution is 2.29. The molecular weight excluding hydrogens is 262 g/mol. The van der Waals surface area contributed by atoms with Crippen LogP contribution in [0.25, 0.3) is 0 Å². The van der Waals surface area contributed by atoms with Gasteiger partial charge in [-0.25, -0.2) is 0 Å². The highest BCUT2D eigenvalue weighted by Gasteiger charge is 2.31. The van der Waals surface area contributed by atoms with Crippen molar-refractivity contribution in [3.63, 3.8) is 0 Å². The molecule has 1 heterocycles. The monoisotopic (exact) mass is 289 g/mol. The summed E-state index contributed by atoms with van der Waals surface area (Å²) in [4.78, 5) is 14.6. The first-order chi connectivity index (χ1) is 9.93. The van der Waals surface area contributed by atoms with Crippen molar-refractivity contribution in [1.82, 2.24) is 4.90 Å². The van der Waals surface area contributed by atoms with Gasteiger partial charge in [-0.3, -0.25) is 4.79 Å². The van der Waals surface area contributed by atoms with Crippen molar-refractivity contribution >= 4 is 5.91 Å². The number of hydrogen-bond donors (Lipinski definition) is 0. The predicted molar refractivity (Wildman–Crippen MR) is 85.5 cm³/mol. The lowest BCUT2D eigenvalue weighted by atomic mass is 9.84. The van der Waals surface area contributed by atoms with Crippen LogP contribution in [0.15, 0.2) is 24.3 Å². The Balaban J connectivity index is 2.02. The number of piperidine rings is 1. The summed E-state index contributed by atoms with van der Waals surface area (Å²) in [6.07, 6.45) is 2.75. The second-order valence-electron chi connectivity index (χ2n) is 6.75. The van der Waals surface area contributed by atoms with Crippen LogP contribution in [0, 0.1) is 5.41 Å². The molecule has 0 saturated carbocycles. The van der Waals surface area contributed by atoms with Gasteiger partial charge in [0, 0.05) is 13.1 Å².